The van der Waals surface area contributed by atoms with Crippen LogP contribution < -0.4 is 0 Å². The Bertz CT molecular complexity index is 482. The zero-order valence-electron chi connectivity index (χ0n) is 18.9. The molecule has 0 radical (unpaired) electrons. The van der Waals surface area contributed by atoms with Gasteiger partial charge in [0.2, 0.25) is 0 Å². The van der Waals surface area contributed by atoms with E-state index >= 15 is 0 Å². The fourth-order valence-corrected chi connectivity index (χ4v) is 7.46. The third-order valence-electron chi connectivity index (χ3n) is 7.64. The Morgan fingerprint density at radius 2 is 1.39 bits per heavy atom. The van der Waals surface area contributed by atoms with Crippen LogP contribution in [0, 0.1) is 11.7 Å². The molecular weight excluding hydrogens is 450 g/mol. The molecule has 2 fully saturated rings. The normalized spacial score (nSPS) is 20.0. The van der Waals surface area contributed by atoms with Crippen molar-refractivity contribution in [2.45, 2.75) is 141 Å². The van der Waals surface area contributed by atoms with E-state index in [1.54, 1.807) is 3.48 Å². The summed E-state index contributed by atoms with van der Waals surface area (Å²) in [6, 6.07) is 0. The molecule has 0 aliphatic heterocycles. The topological polar surface area (TPSA) is 0 Å². The molecule has 0 unspecified atom stereocenters. The first-order valence-corrected chi connectivity index (χ1v) is 13.9. The standard InChI is InChI=1S/C26H45BI/c1-3-5-7-8-9-17-23-27(24-18-13-10-14-19-24,25-20-15-11-16-21-25)26(28)22-12-6-4-2/h22,24-25H,3-16,18-21H2,1-2H3/q-1/b26-22-. The minimum absolute atomic E-state index is 0.679. The number of unbranched alkanes of at least 4 members (excludes halogenated alkanes) is 6. The summed E-state index contributed by atoms with van der Waals surface area (Å²) >= 11 is 2.76. The fourth-order valence-electron chi connectivity index (χ4n) is 5.98. The highest BCUT2D eigenvalue weighted by molar-refractivity contribution is 14.1. The highest BCUT2D eigenvalue weighted by Gasteiger charge is 2.40. The summed E-state index contributed by atoms with van der Waals surface area (Å²) in [5.74, 6) is 9.63. The zero-order chi connectivity index (χ0) is 20.1. The predicted molar refractivity (Wildman–Crippen MR) is 138 cm³/mol. The van der Waals surface area contributed by atoms with Crippen LogP contribution >= 0.6 is 22.6 Å². The van der Waals surface area contributed by atoms with E-state index in [0.29, 0.717) is 0 Å². The Hall–Kier alpha value is 0.0949. The second kappa shape index (κ2) is 14.2. The number of rotatable bonds is 10. The van der Waals surface area contributed by atoms with Gasteiger partial charge in [-0.1, -0.05) is 133 Å². The highest BCUT2D eigenvalue weighted by Crippen LogP contribution is 2.52. The van der Waals surface area contributed by atoms with Gasteiger partial charge in [0.05, 0.1) is 0 Å². The molecule has 0 amide bonds. The summed E-state index contributed by atoms with van der Waals surface area (Å²) in [4.78, 5) is 0. The van der Waals surface area contributed by atoms with Gasteiger partial charge in [0.15, 0.2) is 0 Å². The van der Waals surface area contributed by atoms with E-state index in [0.717, 1.165) is 18.1 Å². The summed E-state index contributed by atoms with van der Waals surface area (Å²) in [5.41, 5.74) is 0. The number of halogens is 1. The molecule has 0 N–H and O–H groups in total. The fraction of sp³-hybridized carbons (Fsp3) is 0.846. The summed E-state index contributed by atoms with van der Waals surface area (Å²) in [5, 5.41) is 0. The van der Waals surface area contributed by atoms with Gasteiger partial charge in [-0.05, 0) is 12.8 Å². The smallest absolute Gasteiger partial charge is 0.110 e. The molecule has 0 heterocycles. The SMILES string of the molecule is CCCC/C=C(\I)[B-](C#CCCCCCC)(C1CCCCC1)C1CCCCC1. The van der Waals surface area contributed by atoms with Crippen molar-refractivity contribution in [3.8, 4) is 11.7 Å². The van der Waals surface area contributed by atoms with Crippen LogP contribution in [-0.2, 0) is 0 Å². The van der Waals surface area contributed by atoms with E-state index in [9.17, 15) is 0 Å². The van der Waals surface area contributed by atoms with Gasteiger partial charge in [-0.15, -0.1) is 23.6 Å². The Kier molecular flexibility index (Phi) is 12.3. The average molecular weight is 495 g/mol. The van der Waals surface area contributed by atoms with Crippen molar-refractivity contribution in [3.05, 3.63) is 9.56 Å². The average Bonchev–Trinajstić information content (AvgIpc) is 2.75. The van der Waals surface area contributed by atoms with Crippen LogP contribution in [0.15, 0.2) is 9.56 Å². The van der Waals surface area contributed by atoms with E-state index in [-0.39, 0.29) is 0 Å². The highest BCUT2D eigenvalue weighted by atomic mass is 127. The van der Waals surface area contributed by atoms with Crippen molar-refractivity contribution < 1.29 is 0 Å². The molecule has 0 aromatic heterocycles. The van der Waals surface area contributed by atoms with Crippen molar-refractivity contribution in [3.63, 3.8) is 0 Å². The second-order valence-electron chi connectivity index (χ2n) is 9.66. The maximum absolute atomic E-state index is 4.11. The van der Waals surface area contributed by atoms with E-state index in [2.05, 4.69) is 54.3 Å². The van der Waals surface area contributed by atoms with Gasteiger partial charge in [-0.3, -0.25) is 0 Å². The Labute approximate surface area is 190 Å². The zero-order valence-corrected chi connectivity index (χ0v) is 21.1. The van der Waals surface area contributed by atoms with Crippen LogP contribution in [0.4, 0.5) is 0 Å². The van der Waals surface area contributed by atoms with Gasteiger partial charge in [-0.2, -0.15) is 3.48 Å². The molecule has 0 atom stereocenters. The first kappa shape index (κ1) is 24.4. The number of hydrogen-bond donors (Lipinski definition) is 0. The lowest BCUT2D eigenvalue weighted by Gasteiger charge is -2.52. The van der Waals surface area contributed by atoms with Crippen molar-refractivity contribution in [1.82, 2.24) is 0 Å². The van der Waals surface area contributed by atoms with Crippen molar-refractivity contribution in [1.29, 1.82) is 0 Å². The molecule has 2 aliphatic rings. The third-order valence-corrected chi connectivity index (χ3v) is 9.11. The van der Waals surface area contributed by atoms with E-state index in [1.807, 2.05) is 0 Å². The minimum atomic E-state index is -0.679. The summed E-state index contributed by atoms with van der Waals surface area (Å²) in [7, 11) is 0. The van der Waals surface area contributed by atoms with Crippen molar-refractivity contribution in [2.75, 3.05) is 0 Å². The predicted octanol–water partition coefficient (Wildman–Crippen LogP) is 9.67. The summed E-state index contributed by atoms with van der Waals surface area (Å²) in [6.07, 6.45) is 26.8. The van der Waals surface area contributed by atoms with E-state index in [1.165, 1.54) is 109 Å². The third kappa shape index (κ3) is 7.10. The van der Waals surface area contributed by atoms with Crippen LogP contribution in [0.5, 0.6) is 0 Å². The number of allylic oxidation sites excluding steroid dienone is 1. The largest absolute Gasteiger partial charge is 0.308 e. The quantitative estimate of drug-likeness (QED) is 0.123. The minimum Gasteiger partial charge on any atom is -0.308 e. The molecule has 2 rings (SSSR count). The molecular formula is C26H45BI-. The van der Waals surface area contributed by atoms with Crippen LogP contribution in [0.2, 0.25) is 11.6 Å². The van der Waals surface area contributed by atoms with Gasteiger partial charge in [0.1, 0.15) is 6.15 Å². The maximum Gasteiger partial charge on any atom is 0.110 e. The van der Waals surface area contributed by atoms with Crippen LogP contribution in [0.25, 0.3) is 0 Å². The van der Waals surface area contributed by atoms with Gasteiger partial charge in [0.25, 0.3) is 0 Å². The molecule has 0 aromatic rings. The van der Waals surface area contributed by atoms with E-state index < -0.39 is 6.15 Å². The molecule has 2 heteroatoms. The Morgan fingerprint density at radius 1 is 0.821 bits per heavy atom. The summed E-state index contributed by atoms with van der Waals surface area (Å²) < 4.78 is 1.69. The molecule has 0 aromatic carbocycles. The van der Waals surface area contributed by atoms with Gasteiger partial charge >= 0.3 is 0 Å². The van der Waals surface area contributed by atoms with Gasteiger partial charge in [0, 0.05) is 6.42 Å². The first-order chi connectivity index (χ1) is 13.8. The van der Waals surface area contributed by atoms with Gasteiger partial charge < -0.3 is 5.82 Å². The molecule has 0 nitrogen and oxygen atoms in total. The monoisotopic (exact) mass is 495 g/mol. The maximum atomic E-state index is 4.11. The van der Waals surface area contributed by atoms with E-state index in [4.69, 9.17) is 0 Å². The van der Waals surface area contributed by atoms with Crippen molar-refractivity contribution >= 4 is 28.7 Å². The van der Waals surface area contributed by atoms with Crippen LogP contribution in [-0.4, -0.2) is 6.15 Å². The van der Waals surface area contributed by atoms with Crippen LogP contribution in [0.1, 0.15) is 129 Å². The summed E-state index contributed by atoms with van der Waals surface area (Å²) in [6.45, 7) is 4.62. The molecule has 2 aliphatic carbocycles. The van der Waals surface area contributed by atoms with Crippen molar-refractivity contribution in [2.24, 2.45) is 0 Å². The Morgan fingerprint density at radius 3 is 1.93 bits per heavy atom. The lowest BCUT2D eigenvalue weighted by atomic mass is 9.12. The number of hydrogen-bond acceptors (Lipinski definition) is 0. The molecule has 2 saturated carbocycles. The van der Waals surface area contributed by atoms with Gasteiger partial charge in [-0.25, -0.2) is 0 Å². The molecule has 0 bridgehead atoms. The molecule has 160 valence electrons. The second-order valence-corrected chi connectivity index (χ2v) is 10.9. The molecule has 0 spiro atoms. The molecule has 28 heavy (non-hydrogen) atoms. The Balaban J connectivity index is 2.29. The van der Waals surface area contributed by atoms with Crippen LogP contribution in [0.3, 0.4) is 0 Å². The molecule has 0 saturated heterocycles. The first-order valence-electron chi connectivity index (χ1n) is 12.8. The lowest BCUT2D eigenvalue weighted by molar-refractivity contribution is 0.459. The lowest BCUT2D eigenvalue weighted by Crippen LogP contribution is -2.46.